The van der Waals surface area contributed by atoms with Crippen molar-refractivity contribution in [2.24, 2.45) is 0 Å². The Hall–Kier alpha value is -2.74. The van der Waals surface area contributed by atoms with E-state index in [1.807, 2.05) is 45.9 Å². The summed E-state index contributed by atoms with van der Waals surface area (Å²) < 4.78 is 0. The average Bonchev–Trinajstić information content (AvgIpc) is 2.65. The van der Waals surface area contributed by atoms with E-state index < -0.39 is 0 Å². The summed E-state index contributed by atoms with van der Waals surface area (Å²) in [6.45, 7) is 18.5. The minimum absolute atomic E-state index is 0.201. The van der Waals surface area contributed by atoms with Crippen LogP contribution in [0.15, 0.2) is 36.4 Å². The lowest BCUT2D eigenvalue weighted by Gasteiger charge is -2.20. The first-order valence-electron chi connectivity index (χ1n) is 10.6. The Morgan fingerprint density at radius 1 is 0.500 bits per heavy atom. The highest BCUT2D eigenvalue weighted by atomic mass is 16.3. The van der Waals surface area contributed by atoms with Crippen LogP contribution in [0.5, 0.6) is 11.5 Å². The zero-order valence-corrected chi connectivity index (χ0v) is 19.9. The molecule has 3 aromatic rings. The summed E-state index contributed by atoms with van der Waals surface area (Å²) in [5, 5.41) is 19.7. The molecule has 3 aromatic carbocycles. The van der Waals surface area contributed by atoms with Gasteiger partial charge in [0.2, 0.25) is 0 Å². The normalized spacial score (nSPS) is 11.6. The molecule has 0 aliphatic carbocycles. The van der Waals surface area contributed by atoms with Crippen LogP contribution in [-0.2, 0) is 0 Å². The Balaban J connectivity index is 0.000000269. The number of aryl methyl sites for hydroxylation is 7. The standard InChI is InChI=1S/C19H24O.C9H12O/c1-11-7-13(3)15(5)17(9-11)16(6)18-10-12(2)8-14(4)19(18)20;1-6-4-7(2)9(10)8(3)5-6/h7-10,16,20H,1-6H3;4-5,10H,1-3H3. The first-order chi connectivity index (χ1) is 13.9. The molecule has 30 heavy (non-hydrogen) atoms. The van der Waals surface area contributed by atoms with Crippen molar-refractivity contribution in [2.45, 2.75) is 68.2 Å². The zero-order valence-electron chi connectivity index (χ0n) is 19.9. The van der Waals surface area contributed by atoms with Crippen molar-refractivity contribution in [1.29, 1.82) is 0 Å². The van der Waals surface area contributed by atoms with Crippen LogP contribution in [0.4, 0.5) is 0 Å². The van der Waals surface area contributed by atoms with Crippen LogP contribution in [0.2, 0.25) is 0 Å². The fraction of sp³-hybridized carbons (Fsp3) is 0.357. The van der Waals surface area contributed by atoms with Crippen LogP contribution in [0.25, 0.3) is 0 Å². The first-order valence-corrected chi connectivity index (χ1v) is 10.6. The smallest absolute Gasteiger partial charge is 0.122 e. The molecule has 160 valence electrons. The van der Waals surface area contributed by atoms with Gasteiger partial charge >= 0.3 is 0 Å². The van der Waals surface area contributed by atoms with Gasteiger partial charge in [-0.3, -0.25) is 0 Å². The van der Waals surface area contributed by atoms with E-state index in [4.69, 9.17) is 0 Å². The maximum absolute atomic E-state index is 10.4. The molecule has 0 aliphatic heterocycles. The number of phenolic OH excluding ortho intramolecular Hbond substituents is 2. The number of benzene rings is 3. The second-order valence-electron chi connectivity index (χ2n) is 8.78. The van der Waals surface area contributed by atoms with E-state index in [-0.39, 0.29) is 5.92 Å². The molecular formula is C28H36O2. The molecule has 0 bridgehead atoms. The molecule has 0 spiro atoms. The largest absolute Gasteiger partial charge is 0.507 e. The molecule has 2 nitrogen and oxygen atoms in total. The Morgan fingerprint density at radius 2 is 0.867 bits per heavy atom. The third-order valence-corrected chi connectivity index (χ3v) is 5.89. The molecule has 0 radical (unpaired) electrons. The highest BCUT2D eigenvalue weighted by molar-refractivity contribution is 5.50. The number of rotatable bonds is 2. The third-order valence-electron chi connectivity index (χ3n) is 5.89. The summed E-state index contributed by atoms with van der Waals surface area (Å²) in [6, 6.07) is 12.5. The number of aromatic hydroxyl groups is 2. The van der Waals surface area contributed by atoms with Gasteiger partial charge in [0.1, 0.15) is 11.5 Å². The van der Waals surface area contributed by atoms with Crippen LogP contribution >= 0.6 is 0 Å². The van der Waals surface area contributed by atoms with E-state index in [1.54, 1.807) is 0 Å². The predicted molar refractivity (Wildman–Crippen MR) is 128 cm³/mol. The fourth-order valence-corrected chi connectivity index (χ4v) is 4.19. The fourth-order valence-electron chi connectivity index (χ4n) is 4.19. The average molecular weight is 405 g/mol. The zero-order chi connectivity index (χ0) is 22.7. The van der Waals surface area contributed by atoms with Gasteiger partial charge in [0.25, 0.3) is 0 Å². The first kappa shape index (κ1) is 23.5. The topological polar surface area (TPSA) is 40.5 Å². The summed E-state index contributed by atoms with van der Waals surface area (Å²) in [4.78, 5) is 0. The van der Waals surface area contributed by atoms with Crippen LogP contribution in [0, 0.1) is 55.4 Å². The van der Waals surface area contributed by atoms with E-state index in [0.29, 0.717) is 11.5 Å². The van der Waals surface area contributed by atoms with Crippen LogP contribution in [0.3, 0.4) is 0 Å². The molecule has 0 aliphatic rings. The predicted octanol–water partition coefficient (Wildman–Crippen LogP) is 7.40. The van der Waals surface area contributed by atoms with Crippen molar-refractivity contribution in [3.8, 4) is 11.5 Å². The highest BCUT2D eigenvalue weighted by Gasteiger charge is 2.17. The third kappa shape index (κ3) is 5.24. The van der Waals surface area contributed by atoms with E-state index in [9.17, 15) is 10.2 Å². The van der Waals surface area contributed by atoms with E-state index in [0.717, 1.165) is 22.3 Å². The quantitative estimate of drug-likeness (QED) is 0.467. The summed E-state index contributed by atoms with van der Waals surface area (Å²) >= 11 is 0. The van der Waals surface area contributed by atoms with Gasteiger partial charge in [-0.15, -0.1) is 0 Å². The molecule has 0 saturated carbocycles. The lowest BCUT2D eigenvalue weighted by Crippen LogP contribution is -2.03. The molecule has 0 aromatic heterocycles. The summed E-state index contributed by atoms with van der Waals surface area (Å²) in [7, 11) is 0. The van der Waals surface area contributed by atoms with Crippen LogP contribution < -0.4 is 0 Å². The monoisotopic (exact) mass is 404 g/mol. The molecule has 0 fully saturated rings. The SMILES string of the molecule is Cc1cc(C)c(C)c(C(C)c2cc(C)cc(C)c2O)c1.Cc1cc(C)c(O)c(C)c1. The van der Waals surface area contributed by atoms with Gasteiger partial charge in [-0.05, 0) is 88.8 Å². The molecular weight excluding hydrogens is 368 g/mol. The van der Waals surface area contributed by atoms with Crippen molar-refractivity contribution < 1.29 is 10.2 Å². The Morgan fingerprint density at radius 3 is 1.37 bits per heavy atom. The highest BCUT2D eigenvalue weighted by Crippen LogP contribution is 2.36. The Labute approximate surface area is 182 Å². The lowest BCUT2D eigenvalue weighted by atomic mass is 9.85. The molecule has 1 unspecified atom stereocenters. The van der Waals surface area contributed by atoms with Gasteiger partial charge < -0.3 is 10.2 Å². The van der Waals surface area contributed by atoms with Crippen molar-refractivity contribution in [2.75, 3.05) is 0 Å². The van der Waals surface area contributed by atoms with Crippen molar-refractivity contribution in [3.63, 3.8) is 0 Å². The van der Waals surface area contributed by atoms with Gasteiger partial charge in [-0.1, -0.05) is 60.0 Å². The van der Waals surface area contributed by atoms with Gasteiger partial charge in [0, 0.05) is 11.5 Å². The van der Waals surface area contributed by atoms with Gasteiger partial charge in [0.15, 0.2) is 0 Å². The molecule has 0 saturated heterocycles. The van der Waals surface area contributed by atoms with Crippen LogP contribution in [0.1, 0.15) is 68.5 Å². The van der Waals surface area contributed by atoms with E-state index >= 15 is 0 Å². The Kier molecular flexibility index (Phi) is 7.36. The van der Waals surface area contributed by atoms with E-state index in [1.165, 1.54) is 33.4 Å². The lowest BCUT2D eigenvalue weighted by molar-refractivity contribution is 0.461. The second-order valence-corrected chi connectivity index (χ2v) is 8.78. The molecule has 0 amide bonds. The second kappa shape index (κ2) is 9.38. The Bertz CT molecular complexity index is 980. The van der Waals surface area contributed by atoms with Gasteiger partial charge in [-0.2, -0.15) is 0 Å². The summed E-state index contributed by atoms with van der Waals surface area (Å²) in [5.41, 5.74) is 11.5. The van der Waals surface area contributed by atoms with Crippen molar-refractivity contribution in [1.82, 2.24) is 0 Å². The maximum atomic E-state index is 10.4. The summed E-state index contributed by atoms with van der Waals surface area (Å²) in [6.07, 6.45) is 0. The van der Waals surface area contributed by atoms with Gasteiger partial charge in [0.05, 0.1) is 0 Å². The molecule has 1 atom stereocenters. The minimum Gasteiger partial charge on any atom is -0.507 e. The number of phenols is 2. The number of hydrogen-bond acceptors (Lipinski definition) is 2. The minimum atomic E-state index is 0.201. The molecule has 0 heterocycles. The van der Waals surface area contributed by atoms with Gasteiger partial charge in [-0.25, -0.2) is 0 Å². The molecule has 2 N–H and O–H groups in total. The van der Waals surface area contributed by atoms with E-state index in [2.05, 4.69) is 52.8 Å². The molecule has 2 heteroatoms. The van der Waals surface area contributed by atoms with Crippen molar-refractivity contribution >= 4 is 0 Å². The maximum Gasteiger partial charge on any atom is 0.122 e. The number of hydrogen-bond donors (Lipinski definition) is 2. The van der Waals surface area contributed by atoms with Crippen LogP contribution in [-0.4, -0.2) is 10.2 Å². The van der Waals surface area contributed by atoms with Crippen molar-refractivity contribution in [3.05, 3.63) is 92.0 Å². The molecule has 3 rings (SSSR count). The summed E-state index contributed by atoms with van der Waals surface area (Å²) in [5.74, 6) is 1.06.